The van der Waals surface area contributed by atoms with Crippen molar-refractivity contribution in [2.75, 3.05) is 18.1 Å². The second-order valence-corrected chi connectivity index (χ2v) is 5.84. The molecule has 0 amide bonds. The summed E-state index contributed by atoms with van der Waals surface area (Å²) in [7, 11) is 0. The van der Waals surface area contributed by atoms with Crippen molar-refractivity contribution in [3.63, 3.8) is 0 Å². The van der Waals surface area contributed by atoms with Crippen LogP contribution in [0.2, 0.25) is 0 Å². The van der Waals surface area contributed by atoms with Gasteiger partial charge in [0, 0.05) is 11.3 Å². The highest BCUT2D eigenvalue weighted by Gasteiger charge is 2.32. The van der Waals surface area contributed by atoms with E-state index in [1.807, 2.05) is 18.7 Å². The summed E-state index contributed by atoms with van der Waals surface area (Å²) in [4.78, 5) is 0. The van der Waals surface area contributed by atoms with Crippen molar-refractivity contribution < 1.29 is 0 Å². The van der Waals surface area contributed by atoms with Crippen LogP contribution >= 0.6 is 11.8 Å². The van der Waals surface area contributed by atoms with Crippen LogP contribution in [-0.4, -0.2) is 27.7 Å². The molecule has 16 heavy (non-hydrogen) atoms. The molecule has 0 aromatic carbocycles. The largest absolute Gasteiger partial charge is 0.367 e. The van der Waals surface area contributed by atoms with E-state index in [-0.39, 0.29) is 0 Å². The Labute approximate surface area is 101 Å². The van der Waals surface area contributed by atoms with E-state index >= 15 is 0 Å². The number of nitrogens with zero attached hydrogens (tertiary/aromatic N) is 2. The van der Waals surface area contributed by atoms with E-state index in [1.54, 1.807) is 6.20 Å². The lowest BCUT2D eigenvalue weighted by atomic mass is 10.1. The summed E-state index contributed by atoms with van der Waals surface area (Å²) in [5.41, 5.74) is 1.15. The summed E-state index contributed by atoms with van der Waals surface area (Å²) in [6, 6.07) is 2.05. The lowest BCUT2D eigenvalue weighted by Gasteiger charge is -2.27. The summed E-state index contributed by atoms with van der Waals surface area (Å²) in [5.74, 6) is 0.903. The fourth-order valence-electron chi connectivity index (χ4n) is 2.27. The van der Waals surface area contributed by atoms with Gasteiger partial charge in [0.15, 0.2) is 0 Å². The maximum atomic E-state index is 4.10. The van der Waals surface area contributed by atoms with Gasteiger partial charge in [0.05, 0.1) is 6.20 Å². The number of anilines is 1. The van der Waals surface area contributed by atoms with E-state index in [1.165, 1.54) is 25.7 Å². The van der Waals surface area contributed by atoms with E-state index in [0.717, 1.165) is 17.9 Å². The van der Waals surface area contributed by atoms with Gasteiger partial charge < -0.3 is 5.32 Å². The first-order chi connectivity index (χ1) is 7.74. The van der Waals surface area contributed by atoms with Crippen LogP contribution in [0.5, 0.6) is 0 Å². The van der Waals surface area contributed by atoms with Crippen molar-refractivity contribution >= 4 is 17.6 Å². The van der Waals surface area contributed by atoms with Gasteiger partial charge in [-0.05, 0) is 37.7 Å². The van der Waals surface area contributed by atoms with Crippen molar-refractivity contribution in [3.8, 4) is 0 Å². The number of hydrogen-bond acceptors (Lipinski definition) is 4. The number of rotatable bonds is 4. The fraction of sp³-hybridized carbons (Fsp3) is 0.667. The van der Waals surface area contributed by atoms with Gasteiger partial charge in [-0.3, -0.25) is 0 Å². The molecule has 1 heterocycles. The average molecular weight is 237 g/mol. The van der Waals surface area contributed by atoms with Gasteiger partial charge in [0.1, 0.15) is 5.82 Å². The van der Waals surface area contributed by atoms with Crippen molar-refractivity contribution in [2.45, 2.75) is 37.4 Å². The Balaban J connectivity index is 1.95. The molecule has 1 aliphatic carbocycles. The van der Waals surface area contributed by atoms with Crippen molar-refractivity contribution in [2.24, 2.45) is 0 Å². The van der Waals surface area contributed by atoms with Crippen LogP contribution in [0, 0.1) is 6.92 Å². The predicted octanol–water partition coefficient (Wildman–Crippen LogP) is 2.87. The van der Waals surface area contributed by atoms with E-state index in [2.05, 4.69) is 27.8 Å². The monoisotopic (exact) mass is 237 g/mol. The maximum absolute atomic E-state index is 4.10. The van der Waals surface area contributed by atoms with Crippen molar-refractivity contribution in [1.29, 1.82) is 0 Å². The molecule has 1 N–H and O–H groups in total. The van der Waals surface area contributed by atoms with E-state index < -0.39 is 0 Å². The normalized spacial score (nSPS) is 18.6. The number of aryl methyl sites for hydroxylation is 1. The summed E-state index contributed by atoms with van der Waals surface area (Å²) in [5, 5.41) is 11.5. The SMILES string of the molecule is CSC1(CNc2cc(C)cnn2)CCCC1. The first kappa shape index (κ1) is 11.7. The molecule has 1 saturated carbocycles. The van der Waals surface area contributed by atoms with Gasteiger partial charge >= 0.3 is 0 Å². The van der Waals surface area contributed by atoms with E-state index in [0.29, 0.717) is 4.75 Å². The van der Waals surface area contributed by atoms with Gasteiger partial charge in [0.2, 0.25) is 0 Å². The highest BCUT2D eigenvalue weighted by atomic mass is 32.2. The molecule has 1 aromatic heterocycles. The van der Waals surface area contributed by atoms with E-state index in [9.17, 15) is 0 Å². The lowest BCUT2D eigenvalue weighted by molar-refractivity contribution is 0.638. The Morgan fingerprint density at radius 1 is 1.44 bits per heavy atom. The summed E-state index contributed by atoms with van der Waals surface area (Å²) < 4.78 is 0.422. The zero-order chi connectivity index (χ0) is 11.4. The maximum Gasteiger partial charge on any atom is 0.148 e. The average Bonchev–Trinajstić information content (AvgIpc) is 2.76. The molecule has 1 fully saturated rings. The molecule has 0 radical (unpaired) electrons. The second kappa shape index (κ2) is 5.04. The van der Waals surface area contributed by atoms with Gasteiger partial charge in [-0.1, -0.05) is 12.8 Å². The smallest absolute Gasteiger partial charge is 0.148 e. The molecular weight excluding hydrogens is 218 g/mol. The number of hydrogen-bond donors (Lipinski definition) is 1. The fourth-order valence-corrected chi connectivity index (χ4v) is 3.19. The van der Waals surface area contributed by atoms with Gasteiger partial charge in [-0.2, -0.15) is 16.9 Å². The van der Waals surface area contributed by atoms with Gasteiger partial charge in [0.25, 0.3) is 0 Å². The Morgan fingerprint density at radius 2 is 2.19 bits per heavy atom. The highest BCUT2D eigenvalue weighted by molar-refractivity contribution is 8.00. The first-order valence-electron chi connectivity index (χ1n) is 5.82. The number of aromatic nitrogens is 2. The van der Waals surface area contributed by atoms with Crippen LogP contribution in [0.1, 0.15) is 31.2 Å². The van der Waals surface area contributed by atoms with Gasteiger partial charge in [-0.25, -0.2) is 0 Å². The molecule has 88 valence electrons. The molecule has 0 saturated heterocycles. The third-order valence-electron chi connectivity index (χ3n) is 3.33. The topological polar surface area (TPSA) is 37.8 Å². The van der Waals surface area contributed by atoms with Crippen molar-refractivity contribution in [3.05, 3.63) is 17.8 Å². The van der Waals surface area contributed by atoms with Crippen LogP contribution in [0.25, 0.3) is 0 Å². The van der Waals surface area contributed by atoms with Crippen molar-refractivity contribution in [1.82, 2.24) is 10.2 Å². The Bertz CT molecular complexity index is 348. The van der Waals surface area contributed by atoms with Crippen LogP contribution in [0.4, 0.5) is 5.82 Å². The summed E-state index contributed by atoms with van der Waals surface area (Å²) in [6.45, 7) is 3.05. The van der Waals surface area contributed by atoms with Crippen LogP contribution in [-0.2, 0) is 0 Å². The van der Waals surface area contributed by atoms with Crippen LogP contribution in [0.15, 0.2) is 12.3 Å². The minimum absolute atomic E-state index is 0.422. The van der Waals surface area contributed by atoms with Gasteiger partial charge in [-0.15, -0.1) is 5.10 Å². The zero-order valence-corrected chi connectivity index (χ0v) is 10.8. The standard InChI is InChI=1S/C12H19N3S/c1-10-7-11(15-14-8-10)13-9-12(16-2)5-3-4-6-12/h7-8H,3-6,9H2,1-2H3,(H,13,15). The predicted molar refractivity (Wildman–Crippen MR) is 70.0 cm³/mol. The summed E-state index contributed by atoms with van der Waals surface area (Å²) in [6.07, 6.45) is 9.37. The molecule has 2 rings (SSSR count). The molecule has 0 spiro atoms. The Kier molecular flexibility index (Phi) is 3.69. The lowest BCUT2D eigenvalue weighted by Crippen LogP contribution is -2.30. The molecule has 0 unspecified atom stereocenters. The number of thioether (sulfide) groups is 1. The van der Waals surface area contributed by atoms with Crippen LogP contribution < -0.4 is 5.32 Å². The molecule has 4 heteroatoms. The molecule has 1 aliphatic rings. The molecule has 0 aliphatic heterocycles. The first-order valence-corrected chi connectivity index (χ1v) is 7.05. The molecule has 0 atom stereocenters. The molecule has 1 aromatic rings. The third kappa shape index (κ3) is 2.67. The Morgan fingerprint density at radius 3 is 2.81 bits per heavy atom. The van der Waals surface area contributed by atoms with E-state index in [4.69, 9.17) is 0 Å². The summed E-state index contributed by atoms with van der Waals surface area (Å²) >= 11 is 1.99. The molecular formula is C12H19N3S. The highest BCUT2D eigenvalue weighted by Crippen LogP contribution is 2.40. The molecule has 3 nitrogen and oxygen atoms in total. The zero-order valence-electron chi connectivity index (χ0n) is 9.99. The third-order valence-corrected chi connectivity index (χ3v) is 4.75. The van der Waals surface area contributed by atoms with Crippen LogP contribution in [0.3, 0.4) is 0 Å². The molecule has 0 bridgehead atoms. The Hall–Kier alpha value is -0.770. The quantitative estimate of drug-likeness (QED) is 0.874. The number of nitrogens with one attached hydrogen (secondary N) is 1. The second-order valence-electron chi connectivity index (χ2n) is 4.57. The minimum Gasteiger partial charge on any atom is -0.367 e. The minimum atomic E-state index is 0.422.